The average molecular weight is 216 g/mol. The number of aliphatic hydroxyl groups excluding tert-OH is 1. The molecule has 0 amide bonds. The third-order valence-electron chi connectivity index (χ3n) is 3.16. The minimum absolute atomic E-state index is 0.275. The molecule has 1 aromatic rings. The molecular formula is C13H16N2O. The summed E-state index contributed by atoms with van der Waals surface area (Å²) in [7, 11) is 0. The molecule has 0 bridgehead atoms. The van der Waals surface area contributed by atoms with Gasteiger partial charge in [0.15, 0.2) is 0 Å². The van der Waals surface area contributed by atoms with E-state index in [2.05, 4.69) is 11.0 Å². The van der Waals surface area contributed by atoms with Gasteiger partial charge < -0.3 is 10.0 Å². The van der Waals surface area contributed by atoms with Gasteiger partial charge in [-0.3, -0.25) is 0 Å². The van der Waals surface area contributed by atoms with Crippen molar-refractivity contribution < 1.29 is 5.11 Å². The minimum Gasteiger partial charge on any atom is -0.396 e. The fraction of sp³-hybridized carbons (Fsp3) is 0.462. The van der Waals surface area contributed by atoms with Crippen molar-refractivity contribution in [3.05, 3.63) is 29.8 Å². The fourth-order valence-corrected chi connectivity index (χ4v) is 2.26. The highest BCUT2D eigenvalue weighted by Crippen LogP contribution is 2.25. The number of benzene rings is 1. The Bertz CT molecular complexity index is 397. The number of nitrogens with zero attached hydrogens (tertiary/aromatic N) is 2. The van der Waals surface area contributed by atoms with E-state index in [0.717, 1.165) is 31.6 Å². The summed E-state index contributed by atoms with van der Waals surface area (Å²) in [5.41, 5.74) is 1.84. The fourth-order valence-electron chi connectivity index (χ4n) is 2.26. The Kier molecular flexibility index (Phi) is 3.43. The van der Waals surface area contributed by atoms with Crippen LogP contribution >= 0.6 is 0 Å². The van der Waals surface area contributed by atoms with Crippen molar-refractivity contribution in [2.45, 2.75) is 12.8 Å². The van der Waals surface area contributed by atoms with Crippen molar-refractivity contribution in [3.8, 4) is 6.07 Å². The molecule has 84 valence electrons. The smallest absolute Gasteiger partial charge is 0.0992 e. The number of aliphatic hydroxyl groups is 1. The molecule has 1 N–H and O–H groups in total. The van der Waals surface area contributed by atoms with Gasteiger partial charge in [0.1, 0.15) is 0 Å². The van der Waals surface area contributed by atoms with Crippen molar-refractivity contribution in [3.63, 3.8) is 0 Å². The lowest BCUT2D eigenvalue weighted by atomic mass is 10.1. The first-order valence-corrected chi connectivity index (χ1v) is 5.69. The third-order valence-corrected chi connectivity index (χ3v) is 3.16. The predicted molar refractivity (Wildman–Crippen MR) is 63.2 cm³/mol. The second-order valence-corrected chi connectivity index (χ2v) is 4.28. The molecule has 1 unspecified atom stereocenters. The van der Waals surface area contributed by atoms with Crippen LogP contribution in [0, 0.1) is 17.2 Å². The molecule has 0 radical (unpaired) electrons. The van der Waals surface area contributed by atoms with Crippen molar-refractivity contribution in [1.82, 2.24) is 0 Å². The van der Waals surface area contributed by atoms with Gasteiger partial charge in [-0.25, -0.2) is 0 Å². The summed E-state index contributed by atoms with van der Waals surface area (Å²) in [6, 6.07) is 9.88. The molecule has 0 saturated carbocycles. The van der Waals surface area contributed by atoms with E-state index in [1.165, 1.54) is 0 Å². The van der Waals surface area contributed by atoms with Gasteiger partial charge in [-0.2, -0.15) is 5.26 Å². The molecular weight excluding hydrogens is 200 g/mol. The van der Waals surface area contributed by atoms with Crippen LogP contribution < -0.4 is 4.90 Å². The van der Waals surface area contributed by atoms with E-state index < -0.39 is 0 Å². The molecule has 1 aliphatic rings. The van der Waals surface area contributed by atoms with Gasteiger partial charge in [0.25, 0.3) is 0 Å². The van der Waals surface area contributed by atoms with Crippen molar-refractivity contribution >= 4 is 5.69 Å². The Hall–Kier alpha value is -1.53. The van der Waals surface area contributed by atoms with Gasteiger partial charge >= 0.3 is 0 Å². The summed E-state index contributed by atoms with van der Waals surface area (Å²) in [5.74, 6) is 0.593. The zero-order chi connectivity index (χ0) is 11.4. The zero-order valence-corrected chi connectivity index (χ0v) is 9.26. The van der Waals surface area contributed by atoms with Crippen molar-refractivity contribution in [2.75, 3.05) is 24.6 Å². The van der Waals surface area contributed by atoms with Crippen LogP contribution in [0.3, 0.4) is 0 Å². The van der Waals surface area contributed by atoms with Crippen LogP contribution in [0.25, 0.3) is 0 Å². The summed E-state index contributed by atoms with van der Waals surface area (Å²) in [6.45, 7) is 2.30. The second kappa shape index (κ2) is 5.00. The van der Waals surface area contributed by atoms with E-state index in [1.54, 1.807) is 0 Å². The quantitative estimate of drug-likeness (QED) is 0.837. The average Bonchev–Trinajstić information content (AvgIpc) is 2.78. The molecule has 1 aromatic carbocycles. The van der Waals surface area contributed by atoms with E-state index in [9.17, 15) is 0 Å². The molecule has 1 atom stereocenters. The standard InChI is InChI=1S/C13H16N2O/c14-9-12-2-1-3-13(8-12)15-6-4-11(10-15)5-7-16/h1-3,8,11,16H,4-7,10H2. The number of hydrogen-bond acceptors (Lipinski definition) is 3. The van der Waals surface area contributed by atoms with E-state index in [0.29, 0.717) is 11.5 Å². The van der Waals surface area contributed by atoms with Crippen molar-refractivity contribution in [2.24, 2.45) is 5.92 Å². The van der Waals surface area contributed by atoms with Gasteiger partial charge in [-0.05, 0) is 37.0 Å². The summed E-state index contributed by atoms with van der Waals surface area (Å²) in [4.78, 5) is 2.29. The molecule has 16 heavy (non-hydrogen) atoms. The summed E-state index contributed by atoms with van der Waals surface area (Å²) in [6.07, 6.45) is 2.02. The van der Waals surface area contributed by atoms with Gasteiger partial charge in [0.05, 0.1) is 11.6 Å². The summed E-state index contributed by atoms with van der Waals surface area (Å²) >= 11 is 0. The van der Waals surface area contributed by atoms with Crippen LogP contribution in [-0.2, 0) is 0 Å². The number of anilines is 1. The maximum Gasteiger partial charge on any atom is 0.0992 e. The topological polar surface area (TPSA) is 47.3 Å². The highest BCUT2D eigenvalue weighted by Gasteiger charge is 2.22. The Morgan fingerprint density at radius 1 is 1.50 bits per heavy atom. The van der Waals surface area contributed by atoms with Gasteiger partial charge in [0, 0.05) is 25.4 Å². The van der Waals surface area contributed by atoms with Crippen molar-refractivity contribution in [1.29, 1.82) is 5.26 Å². The van der Waals surface area contributed by atoms with Gasteiger partial charge in [-0.15, -0.1) is 0 Å². The first-order valence-electron chi connectivity index (χ1n) is 5.69. The van der Waals surface area contributed by atoms with Gasteiger partial charge in [-0.1, -0.05) is 6.07 Å². The first-order chi connectivity index (χ1) is 7.83. The molecule has 1 saturated heterocycles. The van der Waals surface area contributed by atoms with E-state index in [4.69, 9.17) is 10.4 Å². The summed E-state index contributed by atoms with van der Waals surface area (Å²) in [5, 5.41) is 17.7. The van der Waals surface area contributed by atoms with E-state index >= 15 is 0 Å². The Morgan fingerprint density at radius 3 is 3.12 bits per heavy atom. The summed E-state index contributed by atoms with van der Waals surface area (Å²) < 4.78 is 0. The number of rotatable bonds is 3. The molecule has 3 heteroatoms. The molecule has 1 aliphatic heterocycles. The molecule has 0 spiro atoms. The van der Waals surface area contributed by atoms with Crippen LogP contribution in [-0.4, -0.2) is 24.8 Å². The Labute approximate surface area is 95.9 Å². The van der Waals surface area contributed by atoms with E-state index in [-0.39, 0.29) is 6.61 Å². The molecule has 1 heterocycles. The Morgan fingerprint density at radius 2 is 2.38 bits per heavy atom. The van der Waals surface area contributed by atoms with Crippen LogP contribution in [0.15, 0.2) is 24.3 Å². The lowest BCUT2D eigenvalue weighted by Gasteiger charge is -2.18. The third kappa shape index (κ3) is 2.34. The van der Waals surface area contributed by atoms with Crippen LogP contribution in [0.4, 0.5) is 5.69 Å². The molecule has 0 aromatic heterocycles. The van der Waals surface area contributed by atoms with Crippen LogP contribution in [0.5, 0.6) is 0 Å². The number of nitriles is 1. The number of hydrogen-bond donors (Lipinski definition) is 1. The zero-order valence-electron chi connectivity index (χ0n) is 9.26. The first kappa shape index (κ1) is 11.0. The van der Waals surface area contributed by atoms with Crippen LogP contribution in [0.1, 0.15) is 18.4 Å². The maximum atomic E-state index is 8.90. The second-order valence-electron chi connectivity index (χ2n) is 4.28. The molecule has 3 nitrogen and oxygen atoms in total. The molecule has 1 fully saturated rings. The monoisotopic (exact) mass is 216 g/mol. The van der Waals surface area contributed by atoms with Crippen LogP contribution in [0.2, 0.25) is 0 Å². The highest BCUT2D eigenvalue weighted by atomic mass is 16.3. The lowest BCUT2D eigenvalue weighted by Crippen LogP contribution is -2.19. The predicted octanol–water partition coefficient (Wildman–Crippen LogP) is 1.77. The molecule has 0 aliphatic carbocycles. The SMILES string of the molecule is N#Cc1cccc(N2CCC(CCO)C2)c1. The Balaban J connectivity index is 2.06. The van der Waals surface area contributed by atoms with E-state index in [1.807, 2.05) is 24.3 Å². The lowest BCUT2D eigenvalue weighted by molar-refractivity contribution is 0.263. The normalized spacial score (nSPS) is 19.8. The maximum absolute atomic E-state index is 8.90. The highest BCUT2D eigenvalue weighted by molar-refractivity contribution is 5.52. The minimum atomic E-state index is 0.275. The largest absolute Gasteiger partial charge is 0.396 e. The molecule has 2 rings (SSSR count). The van der Waals surface area contributed by atoms with Gasteiger partial charge in [0.2, 0.25) is 0 Å².